The fourth-order valence-electron chi connectivity index (χ4n) is 4.29. The lowest BCUT2D eigenvalue weighted by Gasteiger charge is -2.16. The zero-order valence-electron chi connectivity index (χ0n) is 23.3. The van der Waals surface area contributed by atoms with E-state index in [1.165, 1.54) is 41.1 Å². The fraction of sp³-hybridized carbons (Fsp3) is 0.207. The van der Waals surface area contributed by atoms with Gasteiger partial charge in [-0.25, -0.2) is 23.1 Å². The number of H-pyrrole nitrogens is 1. The van der Waals surface area contributed by atoms with Crippen LogP contribution in [-0.4, -0.2) is 48.0 Å². The highest BCUT2D eigenvalue weighted by Gasteiger charge is 2.21. The molecule has 1 atom stereocenters. The van der Waals surface area contributed by atoms with Crippen molar-refractivity contribution in [3.05, 3.63) is 99.0 Å². The predicted molar refractivity (Wildman–Crippen MR) is 155 cm³/mol. The maximum atomic E-state index is 15.2. The van der Waals surface area contributed by atoms with E-state index in [4.69, 9.17) is 4.74 Å². The molecule has 0 aliphatic carbocycles. The molecule has 12 nitrogen and oxygen atoms in total. The van der Waals surface area contributed by atoms with Crippen molar-refractivity contribution in [2.45, 2.75) is 32.9 Å². The van der Waals surface area contributed by atoms with E-state index >= 15 is 4.39 Å². The summed E-state index contributed by atoms with van der Waals surface area (Å²) in [5.41, 5.74) is -1.53. The number of nitrogens with one attached hydrogen (secondary N) is 3. The number of nitrogens with zero attached hydrogens (tertiary/aromatic N) is 4. The molecule has 0 aliphatic rings. The molecule has 3 aromatic heterocycles. The maximum absolute atomic E-state index is 15.2. The van der Waals surface area contributed by atoms with Crippen LogP contribution in [0.1, 0.15) is 37.2 Å². The Morgan fingerprint density at radius 3 is 2.49 bits per heavy atom. The number of benzene rings is 2. The lowest BCUT2D eigenvalue weighted by molar-refractivity contribution is 0.102. The van der Waals surface area contributed by atoms with Crippen molar-refractivity contribution in [2.75, 3.05) is 17.2 Å². The highest BCUT2D eigenvalue weighted by Crippen LogP contribution is 2.34. The molecule has 0 spiro atoms. The molecule has 0 radical (unpaired) electrons. The van der Waals surface area contributed by atoms with Crippen molar-refractivity contribution < 1.29 is 23.4 Å². The summed E-state index contributed by atoms with van der Waals surface area (Å²) in [6.07, 6.45) is 2.60. The number of carbonyl (C=O) groups excluding carboxylic acids is 1. The highest BCUT2D eigenvalue weighted by atomic mass is 19.1. The number of hydrogen-bond acceptors (Lipinski definition) is 8. The molecule has 5 aromatic rings. The van der Waals surface area contributed by atoms with Crippen molar-refractivity contribution >= 4 is 28.4 Å². The number of hydrogen-bond donors (Lipinski definition) is 4. The normalized spacial score (nSPS) is 12.0. The van der Waals surface area contributed by atoms with Crippen molar-refractivity contribution in [2.24, 2.45) is 0 Å². The van der Waals surface area contributed by atoms with Crippen LogP contribution in [0.3, 0.4) is 0 Å². The number of anilines is 2. The molecule has 222 valence electrons. The third kappa shape index (κ3) is 5.85. The number of halogens is 2. The minimum absolute atomic E-state index is 0.0205. The number of aliphatic hydroxyl groups is 1. The number of amides is 1. The van der Waals surface area contributed by atoms with Gasteiger partial charge in [-0.1, -0.05) is 0 Å². The van der Waals surface area contributed by atoms with E-state index in [1.54, 1.807) is 20.8 Å². The molecule has 43 heavy (non-hydrogen) atoms. The molecule has 1 amide bonds. The number of rotatable bonds is 9. The first-order valence-corrected chi connectivity index (χ1v) is 13.2. The van der Waals surface area contributed by atoms with E-state index in [2.05, 4.69) is 25.8 Å². The number of carbonyl (C=O) groups is 1. The first-order valence-electron chi connectivity index (χ1n) is 13.2. The van der Waals surface area contributed by atoms with Gasteiger partial charge in [-0.3, -0.25) is 19.3 Å². The lowest BCUT2D eigenvalue weighted by atomic mass is 10.2. The van der Waals surface area contributed by atoms with E-state index in [-0.39, 0.29) is 41.1 Å². The number of fused-ring (bicyclic) bond motifs is 1. The zero-order chi connectivity index (χ0) is 30.8. The summed E-state index contributed by atoms with van der Waals surface area (Å²) in [5.74, 6) is -1.83. The second kappa shape index (κ2) is 11.9. The Hall–Kier alpha value is -5.37. The molecule has 0 aliphatic heterocycles. The summed E-state index contributed by atoms with van der Waals surface area (Å²) < 4.78 is 36.5. The van der Waals surface area contributed by atoms with Gasteiger partial charge in [-0.15, -0.1) is 0 Å². The van der Waals surface area contributed by atoms with Crippen molar-refractivity contribution in [3.63, 3.8) is 0 Å². The van der Waals surface area contributed by atoms with E-state index < -0.39 is 34.8 Å². The van der Waals surface area contributed by atoms with Crippen LogP contribution in [0.25, 0.3) is 16.7 Å². The average molecular weight is 592 g/mol. The number of aromatic amines is 1. The van der Waals surface area contributed by atoms with Gasteiger partial charge in [0.05, 0.1) is 12.3 Å². The van der Waals surface area contributed by atoms with E-state index in [9.17, 15) is 23.9 Å². The smallest absolute Gasteiger partial charge is 0.335 e. The average Bonchev–Trinajstić information content (AvgIpc) is 3.38. The van der Waals surface area contributed by atoms with Gasteiger partial charge in [0.25, 0.3) is 11.5 Å². The summed E-state index contributed by atoms with van der Waals surface area (Å²) in [6.45, 7) is 5.00. The van der Waals surface area contributed by atoms with Gasteiger partial charge in [-0.05, 0) is 57.2 Å². The summed E-state index contributed by atoms with van der Waals surface area (Å²) in [4.78, 5) is 43.7. The molecule has 0 bridgehead atoms. The Labute approximate surface area is 242 Å². The van der Waals surface area contributed by atoms with Crippen LogP contribution >= 0.6 is 0 Å². The van der Waals surface area contributed by atoms with Crippen LogP contribution in [-0.2, 0) is 0 Å². The van der Waals surface area contributed by atoms with Gasteiger partial charge in [0.15, 0.2) is 23.0 Å². The molecule has 5 rings (SSSR count). The van der Waals surface area contributed by atoms with Crippen LogP contribution in [0.15, 0.2) is 70.5 Å². The number of aromatic nitrogens is 5. The van der Waals surface area contributed by atoms with Crippen molar-refractivity contribution in [1.29, 1.82) is 0 Å². The molecule has 4 N–H and O–H groups in total. The second-order valence-electron chi connectivity index (χ2n) is 9.98. The lowest BCUT2D eigenvalue weighted by Crippen LogP contribution is -2.42. The number of ether oxygens (including phenoxy) is 1. The maximum Gasteiger partial charge on any atom is 0.335 e. The van der Waals surface area contributed by atoms with E-state index in [0.717, 1.165) is 29.0 Å². The van der Waals surface area contributed by atoms with Crippen LogP contribution in [0.5, 0.6) is 11.5 Å². The molecule has 0 saturated carbocycles. The standard InChI is InChI=1S/C29H27F2N7O5/c1-15(2)37-13-20(28(41)38(29(37)42)19-7-4-17(30)5-8-19)27(40)34-18-6-9-22(21(31)12-18)43-23-10-11-32-25-24(23)26(36-35-25)33-16(3)14-39/h4-13,15-16,39H,14H2,1-3H3,(H,34,40)(H2,32,33,35,36)/t16-/m0/s1. The Morgan fingerprint density at radius 2 is 1.81 bits per heavy atom. The van der Waals surface area contributed by atoms with E-state index in [1.807, 2.05) is 0 Å². The minimum Gasteiger partial charge on any atom is -0.453 e. The van der Waals surface area contributed by atoms with Crippen LogP contribution in [0, 0.1) is 11.6 Å². The van der Waals surface area contributed by atoms with Gasteiger partial charge in [-0.2, -0.15) is 5.10 Å². The minimum atomic E-state index is -0.923. The molecular weight excluding hydrogens is 564 g/mol. The van der Waals surface area contributed by atoms with Crippen LogP contribution in [0.2, 0.25) is 0 Å². The number of aliphatic hydroxyl groups excluding tert-OH is 1. The monoisotopic (exact) mass is 591 g/mol. The van der Waals surface area contributed by atoms with Crippen LogP contribution < -0.4 is 26.6 Å². The van der Waals surface area contributed by atoms with Gasteiger partial charge in [0, 0.05) is 42.3 Å². The summed E-state index contributed by atoms with van der Waals surface area (Å²) in [6, 6.07) is 9.18. The Bertz CT molecular complexity index is 1930. The molecule has 0 fully saturated rings. The van der Waals surface area contributed by atoms with Crippen LogP contribution in [0.4, 0.5) is 20.3 Å². The summed E-state index contributed by atoms with van der Waals surface area (Å²) in [7, 11) is 0. The number of pyridine rings is 1. The second-order valence-corrected chi connectivity index (χ2v) is 9.98. The van der Waals surface area contributed by atoms with E-state index in [0.29, 0.717) is 16.9 Å². The molecule has 0 saturated heterocycles. The summed E-state index contributed by atoms with van der Waals surface area (Å²) >= 11 is 0. The van der Waals surface area contributed by atoms with Gasteiger partial charge in [0.1, 0.15) is 22.5 Å². The largest absolute Gasteiger partial charge is 0.453 e. The molecule has 2 aromatic carbocycles. The van der Waals surface area contributed by atoms with Gasteiger partial charge in [0.2, 0.25) is 0 Å². The third-order valence-electron chi connectivity index (χ3n) is 6.49. The SMILES string of the molecule is CC(C)n1cc(C(=O)Nc2ccc(Oc3ccnc4[nH]nc(N[C@@H](C)CO)c34)c(F)c2)c(=O)n(-c2ccc(F)cc2)c1=O. The Morgan fingerprint density at radius 1 is 1.07 bits per heavy atom. The third-order valence-corrected chi connectivity index (χ3v) is 6.49. The highest BCUT2D eigenvalue weighted by molar-refractivity contribution is 6.04. The summed E-state index contributed by atoms with van der Waals surface area (Å²) in [5, 5.41) is 22.2. The Kier molecular flexibility index (Phi) is 8.03. The Balaban J connectivity index is 1.44. The first kappa shape index (κ1) is 29.1. The molecular formula is C29H27F2N7O5. The first-order chi connectivity index (χ1) is 20.6. The zero-order valence-corrected chi connectivity index (χ0v) is 23.3. The predicted octanol–water partition coefficient (Wildman–Crippen LogP) is 3.97. The van der Waals surface area contributed by atoms with Gasteiger partial charge < -0.3 is 20.5 Å². The molecule has 3 heterocycles. The fourth-order valence-corrected chi connectivity index (χ4v) is 4.29. The molecule has 0 unspecified atom stereocenters. The van der Waals surface area contributed by atoms with Crippen molar-refractivity contribution in [3.8, 4) is 17.2 Å². The van der Waals surface area contributed by atoms with Gasteiger partial charge >= 0.3 is 5.69 Å². The quantitative estimate of drug-likeness (QED) is 0.201. The topological polar surface area (TPSA) is 156 Å². The molecule has 14 heteroatoms. The van der Waals surface area contributed by atoms with Crippen molar-refractivity contribution in [1.82, 2.24) is 24.3 Å².